The van der Waals surface area contributed by atoms with Crippen LogP contribution >= 0.6 is 0 Å². The molecule has 24 heavy (non-hydrogen) atoms. The largest absolute Gasteiger partial charge is 0.493 e. The van der Waals surface area contributed by atoms with E-state index in [0.717, 1.165) is 0 Å². The van der Waals surface area contributed by atoms with Gasteiger partial charge in [0.25, 0.3) is 0 Å². The molecule has 7 heteroatoms. The molecule has 0 saturated heterocycles. The Morgan fingerprint density at radius 1 is 1.33 bits per heavy atom. The van der Waals surface area contributed by atoms with Crippen LogP contribution in [-0.2, 0) is 14.3 Å². The maximum atomic E-state index is 11.8. The minimum absolute atomic E-state index is 0.157. The molecule has 0 spiro atoms. The first-order chi connectivity index (χ1) is 11.2. The van der Waals surface area contributed by atoms with E-state index in [4.69, 9.17) is 14.7 Å². The molecule has 1 unspecified atom stereocenters. The van der Waals surface area contributed by atoms with Crippen LogP contribution in [0.2, 0.25) is 0 Å². The normalized spacial score (nSPS) is 11.8. The molecule has 0 radical (unpaired) electrons. The van der Waals surface area contributed by atoms with Crippen LogP contribution in [-0.4, -0.2) is 37.4 Å². The Morgan fingerprint density at radius 2 is 2.04 bits per heavy atom. The first-order valence-corrected chi connectivity index (χ1v) is 7.45. The molecule has 0 saturated carbocycles. The van der Waals surface area contributed by atoms with Gasteiger partial charge in [-0.3, -0.25) is 0 Å². The molecule has 0 heterocycles. The lowest BCUT2D eigenvalue weighted by Gasteiger charge is -2.22. The fourth-order valence-corrected chi connectivity index (χ4v) is 1.79. The van der Waals surface area contributed by atoms with Gasteiger partial charge >= 0.3 is 12.1 Å². The Labute approximate surface area is 141 Å². The van der Waals surface area contributed by atoms with E-state index in [1.807, 2.05) is 6.07 Å². The summed E-state index contributed by atoms with van der Waals surface area (Å²) in [5, 5.41) is 11.3. The Bertz CT molecular complexity index is 616. The lowest BCUT2D eigenvalue weighted by atomic mass is 10.2. The lowest BCUT2D eigenvalue weighted by Crippen LogP contribution is -2.44. The zero-order chi connectivity index (χ0) is 18.2. The molecule has 0 aliphatic heterocycles. The summed E-state index contributed by atoms with van der Waals surface area (Å²) in [6.45, 7) is 5.34. The van der Waals surface area contributed by atoms with Crippen molar-refractivity contribution in [2.45, 2.75) is 38.8 Å². The molecule has 1 rings (SSSR count). The Kier molecular flexibility index (Phi) is 7.05. The highest BCUT2D eigenvalue weighted by atomic mass is 16.6. The first-order valence-electron chi connectivity index (χ1n) is 7.45. The number of amides is 1. The maximum absolute atomic E-state index is 11.8. The monoisotopic (exact) mass is 334 g/mol. The van der Waals surface area contributed by atoms with Crippen molar-refractivity contribution in [1.82, 2.24) is 5.32 Å². The molecule has 1 aromatic carbocycles. The number of nitrogens with one attached hydrogen (secondary N) is 1. The zero-order valence-electron chi connectivity index (χ0n) is 14.3. The van der Waals surface area contributed by atoms with E-state index in [0.29, 0.717) is 11.3 Å². The van der Waals surface area contributed by atoms with Crippen molar-refractivity contribution in [3.63, 3.8) is 0 Å². The summed E-state index contributed by atoms with van der Waals surface area (Å²) >= 11 is 0. The van der Waals surface area contributed by atoms with E-state index in [2.05, 4.69) is 10.1 Å². The van der Waals surface area contributed by atoms with E-state index in [1.54, 1.807) is 45.0 Å². The van der Waals surface area contributed by atoms with Crippen molar-refractivity contribution in [2.75, 3.05) is 13.7 Å². The van der Waals surface area contributed by atoms with Gasteiger partial charge < -0.3 is 19.5 Å². The number of nitriles is 1. The van der Waals surface area contributed by atoms with Crippen molar-refractivity contribution in [1.29, 1.82) is 5.26 Å². The fourth-order valence-electron chi connectivity index (χ4n) is 1.79. The molecule has 1 amide bonds. The predicted octanol–water partition coefficient (Wildman–Crippen LogP) is 2.39. The molecule has 1 N–H and O–H groups in total. The van der Waals surface area contributed by atoms with E-state index >= 15 is 0 Å². The van der Waals surface area contributed by atoms with Gasteiger partial charge in [0.15, 0.2) is 0 Å². The van der Waals surface area contributed by atoms with Crippen LogP contribution in [0.25, 0.3) is 0 Å². The summed E-state index contributed by atoms with van der Waals surface area (Å²) < 4.78 is 15.3. The minimum Gasteiger partial charge on any atom is -0.493 e. The number of benzene rings is 1. The Balaban J connectivity index is 2.58. The number of ether oxygens (including phenoxy) is 3. The van der Waals surface area contributed by atoms with Crippen LogP contribution in [0, 0.1) is 11.3 Å². The van der Waals surface area contributed by atoms with Gasteiger partial charge in [-0.25, -0.2) is 9.59 Å². The molecule has 0 aliphatic carbocycles. The van der Waals surface area contributed by atoms with Crippen molar-refractivity contribution < 1.29 is 23.8 Å². The van der Waals surface area contributed by atoms with Gasteiger partial charge in [0.2, 0.25) is 0 Å². The van der Waals surface area contributed by atoms with Crippen LogP contribution in [0.1, 0.15) is 32.8 Å². The molecule has 0 fully saturated rings. The zero-order valence-corrected chi connectivity index (χ0v) is 14.3. The van der Waals surface area contributed by atoms with Crippen molar-refractivity contribution in [3.8, 4) is 11.8 Å². The quantitative estimate of drug-likeness (QED) is 0.802. The van der Waals surface area contributed by atoms with Crippen LogP contribution in [0.5, 0.6) is 5.75 Å². The van der Waals surface area contributed by atoms with Crippen LogP contribution in [0.4, 0.5) is 4.79 Å². The van der Waals surface area contributed by atoms with E-state index in [1.165, 1.54) is 7.11 Å². The summed E-state index contributed by atoms with van der Waals surface area (Å²) in [5.74, 6) is -0.0785. The number of methoxy groups -OCH3 is 1. The van der Waals surface area contributed by atoms with E-state index in [9.17, 15) is 9.59 Å². The van der Waals surface area contributed by atoms with Crippen molar-refractivity contribution in [3.05, 3.63) is 29.8 Å². The van der Waals surface area contributed by atoms with Gasteiger partial charge in [-0.2, -0.15) is 5.26 Å². The maximum Gasteiger partial charge on any atom is 0.408 e. The molecule has 1 atom stereocenters. The molecule has 1 aromatic rings. The molecular weight excluding hydrogens is 312 g/mol. The molecule has 0 aromatic heterocycles. The molecule has 0 aliphatic rings. The third-order valence-corrected chi connectivity index (χ3v) is 2.82. The fraction of sp³-hybridized carbons (Fsp3) is 0.471. The molecule has 130 valence electrons. The predicted molar refractivity (Wildman–Crippen MR) is 86.4 cm³/mol. The second-order valence-corrected chi connectivity index (χ2v) is 6.00. The number of rotatable bonds is 6. The third kappa shape index (κ3) is 7.01. The average molecular weight is 334 g/mol. The van der Waals surface area contributed by atoms with Crippen LogP contribution < -0.4 is 10.1 Å². The highest BCUT2D eigenvalue weighted by Crippen LogP contribution is 2.13. The number of nitrogens with zero attached hydrogens (tertiary/aromatic N) is 1. The Morgan fingerprint density at radius 3 is 2.62 bits per heavy atom. The number of hydrogen-bond acceptors (Lipinski definition) is 6. The smallest absolute Gasteiger partial charge is 0.408 e. The average Bonchev–Trinajstić information content (AvgIpc) is 2.51. The summed E-state index contributed by atoms with van der Waals surface area (Å²) in [6, 6.07) is 7.78. The van der Waals surface area contributed by atoms with Crippen molar-refractivity contribution >= 4 is 12.1 Å². The number of carbonyl (C=O) groups is 2. The first kappa shape index (κ1) is 19.3. The topological polar surface area (TPSA) is 97.6 Å². The number of alkyl carbamates (subject to hydrolysis) is 1. The second kappa shape index (κ2) is 8.77. The van der Waals surface area contributed by atoms with Gasteiger partial charge in [0.1, 0.15) is 17.4 Å². The lowest BCUT2D eigenvalue weighted by molar-refractivity contribution is -0.143. The Hall–Kier alpha value is -2.75. The standard InChI is InChI=1S/C17H22N2O5/c1-17(2,3)24-16(21)19-14(15(20)22-4)8-9-23-13-7-5-6-12(10-13)11-18/h5-7,10,14H,8-9H2,1-4H3,(H,19,21). The summed E-state index contributed by atoms with van der Waals surface area (Å²) in [7, 11) is 1.24. The van der Waals surface area contributed by atoms with Crippen molar-refractivity contribution in [2.24, 2.45) is 0 Å². The van der Waals surface area contributed by atoms with Gasteiger partial charge in [-0.1, -0.05) is 6.07 Å². The SMILES string of the molecule is COC(=O)C(CCOc1cccc(C#N)c1)NC(=O)OC(C)(C)C. The molecular formula is C17H22N2O5. The van der Waals surface area contributed by atoms with Gasteiger partial charge in [0.05, 0.1) is 25.3 Å². The van der Waals surface area contributed by atoms with Gasteiger partial charge in [-0.05, 0) is 39.0 Å². The summed E-state index contributed by atoms with van der Waals surface area (Å²) in [5.41, 5.74) is -0.192. The summed E-state index contributed by atoms with van der Waals surface area (Å²) in [6.07, 6.45) is -0.507. The van der Waals surface area contributed by atoms with Crippen LogP contribution in [0.15, 0.2) is 24.3 Å². The molecule has 0 bridgehead atoms. The van der Waals surface area contributed by atoms with E-state index in [-0.39, 0.29) is 13.0 Å². The summed E-state index contributed by atoms with van der Waals surface area (Å²) in [4.78, 5) is 23.6. The number of hydrogen-bond donors (Lipinski definition) is 1. The second-order valence-electron chi connectivity index (χ2n) is 6.00. The number of esters is 1. The highest BCUT2D eigenvalue weighted by molar-refractivity contribution is 5.81. The number of carbonyl (C=O) groups excluding carboxylic acids is 2. The third-order valence-electron chi connectivity index (χ3n) is 2.82. The van der Waals surface area contributed by atoms with E-state index < -0.39 is 23.7 Å². The molecule has 7 nitrogen and oxygen atoms in total. The minimum atomic E-state index is -0.885. The van der Waals surface area contributed by atoms with Gasteiger partial charge in [-0.15, -0.1) is 0 Å². The van der Waals surface area contributed by atoms with Crippen LogP contribution in [0.3, 0.4) is 0 Å². The van der Waals surface area contributed by atoms with Gasteiger partial charge in [0, 0.05) is 6.42 Å². The highest BCUT2D eigenvalue weighted by Gasteiger charge is 2.24.